The van der Waals surface area contributed by atoms with Gasteiger partial charge in [0.25, 0.3) is 7.82 Å². The summed E-state index contributed by atoms with van der Waals surface area (Å²) in [5.41, 5.74) is 0. The average molecular weight is 1280 g/mol. The Hall–Kier alpha value is -2.55. The molecule has 0 rings (SSSR count). The minimum atomic E-state index is -4.64. The Balaban J connectivity index is 3.93. The second kappa shape index (κ2) is 70.8. The van der Waals surface area contributed by atoms with E-state index in [0.717, 1.165) is 70.6 Å². The molecule has 0 saturated carbocycles. The first-order chi connectivity index (χ1) is 44.0. The van der Waals surface area contributed by atoms with E-state index in [4.69, 9.17) is 18.5 Å². The molecule has 0 amide bonds. The van der Waals surface area contributed by atoms with Crippen LogP contribution in [-0.4, -0.2) is 70.0 Å². The lowest BCUT2D eigenvalue weighted by atomic mass is 10.0. The van der Waals surface area contributed by atoms with Crippen LogP contribution in [0.5, 0.6) is 0 Å². The van der Waals surface area contributed by atoms with Crippen molar-refractivity contribution in [3.63, 3.8) is 0 Å². The fourth-order valence-electron chi connectivity index (χ4n) is 11.3. The van der Waals surface area contributed by atoms with Crippen molar-refractivity contribution in [1.29, 1.82) is 0 Å². The third-order valence-electron chi connectivity index (χ3n) is 17.2. The number of quaternary nitrogens is 1. The summed E-state index contributed by atoms with van der Waals surface area (Å²) in [6.07, 6.45) is 95.9. The summed E-state index contributed by atoms with van der Waals surface area (Å²) in [5, 5.41) is 0. The molecule has 0 N–H and O–H groups in total. The molecule has 90 heavy (non-hydrogen) atoms. The Kier molecular flexibility index (Phi) is 68.8. The molecule has 0 saturated heterocycles. The Morgan fingerprint density at radius 2 is 0.633 bits per heavy atom. The summed E-state index contributed by atoms with van der Waals surface area (Å²) in [7, 11) is 1.18. The lowest BCUT2D eigenvalue weighted by Crippen LogP contribution is -2.37. The summed E-state index contributed by atoms with van der Waals surface area (Å²) in [4.78, 5) is 38.1. The highest BCUT2D eigenvalue weighted by Crippen LogP contribution is 2.38. The molecular weight excluding hydrogens is 1130 g/mol. The van der Waals surface area contributed by atoms with Crippen molar-refractivity contribution in [3.8, 4) is 0 Å². The van der Waals surface area contributed by atoms with Crippen LogP contribution < -0.4 is 4.89 Å². The van der Waals surface area contributed by atoms with E-state index >= 15 is 0 Å². The van der Waals surface area contributed by atoms with Gasteiger partial charge in [0, 0.05) is 12.8 Å². The number of phosphoric acid groups is 1. The third kappa shape index (κ3) is 74.5. The van der Waals surface area contributed by atoms with Gasteiger partial charge in [0.2, 0.25) is 0 Å². The van der Waals surface area contributed by atoms with E-state index in [1.165, 1.54) is 270 Å². The van der Waals surface area contributed by atoms with Gasteiger partial charge < -0.3 is 27.9 Å². The lowest BCUT2D eigenvalue weighted by molar-refractivity contribution is -0.870. The Morgan fingerprint density at radius 3 is 0.944 bits per heavy atom. The number of hydrogen-bond acceptors (Lipinski definition) is 8. The van der Waals surface area contributed by atoms with E-state index in [9.17, 15) is 19.0 Å². The first-order valence-electron chi connectivity index (χ1n) is 38.6. The highest BCUT2D eigenvalue weighted by Gasteiger charge is 2.22. The summed E-state index contributed by atoms with van der Waals surface area (Å²) < 4.78 is 34.4. The fourth-order valence-corrected chi connectivity index (χ4v) is 12.1. The number of phosphoric ester groups is 1. The van der Waals surface area contributed by atoms with Gasteiger partial charge in [0.05, 0.1) is 27.7 Å². The number of esters is 2. The molecule has 0 radical (unpaired) electrons. The molecule has 2 atom stereocenters. The summed E-state index contributed by atoms with van der Waals surface area (Å²) in [6.45, 7) is 4.18. The van der Waals surface area contributed by atoms with Crippen LogP contribution in [0.15, 0.2) is 72.9 Å². The van der Waals surface area contributed by atoms with E-state index in [-0.39, 0.29) is 32.0 Å². The summed E-state index contributed by atoms with van der Waals surface area (Å²) in [6, 6.07) is 0. The Labute approximate surface area is 559 Å². The maximum atomic E-state index is 12.9. The molecule has 0 bridgehead atoms. The standard InChI is InChI=1S/C80H148NO8P/c1-6-8-10-12-14-16-18-20-22-24-26-28-30-32-34-36-37-38-39-40-41-42-43-45-46-48-50-52-54-56-58-60-62-64-66-68-70-72-79(82)86-76-78(77-88-90(84,85)87-75-74-81(3,4)5)89-80(83)73-71-69-67-65-63-61-59-57-55-53-51-49-47-44-35-33-31-29-27-25-23-21-19-17-15-13-11-9-7-2/h9,11,15,17-18,20-21,23-24,26-27,29,78H,6-8,10,12-14,16,19,22,25,28,30-77H2,1-5H3/b11-9-,17-15-,20-18-,23-21-,26-24-,29-27-. The number of unbranched alkanes of at least 4 members (excludes halogenated alkanes) is 46. The molecule has 9 nitrogen and oxygen atoms in total. The molecule has 0 fully saturated rings. The number of hydrogen-bond donors (Lipinski definition) is 0. The minimum Gasteiger partial charge on any atom is -0.756 e. The highest BCUT2D eigenvalue weighted by atomic mass is 31.2. The van der Waals surface area contributed by atoms with Crippen molar-refractivity contribution >= 4 is 19.8 Å². The fraction of sp³-hybridized carbons (Fsp3) is 0.825. The lowest BCUT2D eigenvalue weighted by Gasteiger charge is -2.28. The van der Waals surface area contributed by atoms with Crippen LogP contribution in [0, 0.1) is 0 Å². The number of carbonyl (C=O) groups excluding carboxylic acids is 2. The van der Waals surface area contributed by atoms with Crippen molar-refractivity contribution in [2.75, 3.05) is 47.5 Å². The van der Waals surface area contributed by atoms with Crippen molar-refractivity contribution in [3.05, 3.63) is 72.9 Å². The van der Waals surface area contributed by atoms with Crippen LogP contribution in [0.1, 0.15) is 373 Å². The molecule has 0 aromatic heterocycles. The number of nitrogens with zero attached hydrogens (tertiary/aromatic N) is 1. The van der Waals surface area contributed by atoms with Crippen LogP contribution in [0.25, 0.3) is 0 Å². The van der Waals surface area contributed by atoms with Gasteiger partial charge in [0.1, 0.15) is 19.8 Å². The van der Waals surface area contributed by atoms with Gasteiger partial charge >= 0.3 is 11.9 Å². The van der Waals surface area contributed by atoms with Crippen LogP contribution in [0.3, 0.4) is 0 Å². The second-order valence-corrected chi connectivity index (χ2v) is 28.8. The van der Waals surface area contributed by atoms with Crippen molar-refractivity contribution in [2.45, 2.75) is 380 Å². The first-order valence-corrected chi connectivity index (χ1v) is 40.1. The van der Waals surface area contributed by atoms with Gasteiger partial charge in [-0.25, -0.2) is 0 Å². The van der Waals surface area contributed by atoms with Crippen LogP contribution >= 0.6 is 7.82 Å². The Bertz CT molecular complexity index is 1750. The van der Waals surface area contributed by atoms with Gasteiger partial charge in [-0.1, -0.05) is 350 Å². The van der Waals surface area contributed by atoms with Crippen molar-refractivity contribution in [2.24, 2.45) is 0 Å². The predicted octanol–water partition coefficient (Wildman–Crippen LogP) is 24.9. The number of allylic oxidation sites excluding steroid dienone is 12. The van der Waals surface area contributed by atoms with Gasteiger partial charge in [-0.2, -0.15) is 0 Å². The Morgan fingerprint density at radius 1 is 0.356 bits per heavy atom. The van der Waals surface area contributed by atoms with Gasteiger partial charge in [-0.05, 0) is 83.5 Å². The molecule has 0 aromatic carbocycles. The van der Waals surface area contributed by atoms with Crippen molar-refractivity contribution in [1.82, 2.24) is 0 Å². The SMILES string of the molecule is CC/C=C\C/C=C\C/C=C\C/C=C\CCCCCCCCCCCCCCCCCCC(=O)OC(COC(=O)CCCCCCCCCCCCCCCCCCCCCCCCCCC/C=C\C/C=C\CCCCCCC)COP(=O)([O-])OCC[N+](C)(C)C. The largest absolute Gasteiger partial charge is 0.756 e. The molecule has 0 heterocycles. The molecule has 0 aliphatic carbocycles. The summed E-state index contributed by atoms with van der Waals surface area (Å²) >= 11 is 0. The van der Waals surface area contributed by atoms with E-state index < -0.39 is 26.5 Å². The van der Waals surface area contributed by atoms with E-state index in [2.05, 4.69) is 86.8 Å². The smallest absolute Gasteiger partial charge is 0.306 e. The predicted molar refractivity (Wildman–Crippen MR) is 388 cm³/mol. The molecule has 0 spiro atoms. The van der Waals surface area contributed by atoms with Crippen LogP contribution in [0.4, 0.5) is 0 Å². The maximum absolute atomic E-state index is 12.9. The molecule has 0 aliphatic heterocycles. The quantitative estimate of drug-likeness (QED) is 0.0195. The van der Waals surface area contributed by atoms with E-state index in [1.807, 2.05) is 21.1 Å². The average Bonchev–Trinajstić information content (AvgIpc) is 3.58. The summed E-state index contributed by atoms with van der Waals surface area (Å²) in [5.74, 6) is -0.815. The second-order valence-electron chi connectivity index (χ2n) is 27.3. The van der Waals surface area contributed by atoms with Gasteiger partial charge in [-0.3, -0.25) is 14.2 Å². The molecule has 526 valence electrons. The number of likely N-dealkylation sites (N-methyl/N-ethyl adjacent to an activating group) is 1. The molecule has 0 aliphatic rings. The highest BCUT2D eigenvalue weighted by molar-refractivity contribution is 7.45. The first kappa shape index (κ1) is 87.5. The van der Waals surface area contributed by atoms with Crippen LogP contribution in [-0.2, 0) is 32.7 Å². The minimum absolute atomic E-state index is 0.0300. The molecule has 10 heteroatoms. The molecule has 0 aromatic rings. The maximum Gasteiger partial charge on any atom is 0.306 e. The van der Waals surface area contributed by atoms with Crippen LogP contribution in [0.2, 0.25) is 0 Å². The van der Waals surface area contributed by atoms with E-state index in [1.54, 1.807) is 0 Å². The van der Waals surface area contributed by atoms with E-state index in [0.29, 0.717) is 17.4 Å². The number of ether oxygens (including phenoxy) is 2. The van der Waals surface area contributed by atoms with Crippen molar-refractivity contribution < 1.29 is 42.1 Å². The third-order valence-corrected chi connectivity index (χ3v) is 18.2. The zero-order valence-corrected chi connectivity index (χ0v) is 61.0. The van der Waals surface area contributed by atoms with Gasteiger partial charge in [-0.15, -0.1) is 0 Å². The topological polar surface area (TPSA) is 111 Å². The van der Waals surface area contributed by atoms with Gasteiger partial charge in [0.15, 0.2) is 6.10 Å². The molecular formula is C80H148NO8P. The zero-order valence-electron chi connectivity index (χ0n) is 60.1. The number of rotatable bonds is 72. The monoisotopic (exact) mass is 1280 g/mol. The number of carbonyl (C=O) groups is 2. The normalized spacial score (nSPS) is 13.4. The zero-order chi connectivity index (χ0) is 65.5. The molecule has 2 unspecified atom stereocenters.